The van der Waals surface area contributed by atoms with Crippen LogP contribution in [0.2, 0.25) is 0 Å². The molecular weight excluding hydrogens is 318 g/mol. The number of nitrogens with zero attached hydrogens (tertiary/aromatic N) is 2. The number of benzene rings is 1. The van der Waals surface area contributed by atoms with E-state index in [2.05, 4.69) is 10.5 Å². The summed E-state index contributed by atoms with van der Waals surface area (Å²) in [5.41, 5.74) is 2.27. The summed E-state index contributed by atoms with van der Waals surface area (Å²) in [5, 5.41) is 16.7. The zero-order chi connectivity index (χ0) is 18.4. The maximum atomic E-state index is 13.0. The number of urea groups is 1. The summed E-state index contributed by atoms with van der Waals surface area (Å²) in [6.45, 7) is 8.05. The van der Waals surface area contributed by atoms with E-state index in [0.29, 0.717) is 30.1 Å². The number of carbonyl (C=O) groups is 1. The Kier molecular flexibility index (Phi) is 6.58. The van der Waals surface area contributed by atoms with E-state index >= 15 is 0 Å². The summed E-state index contributed by atoms with van der Waals surface area (Å²) in [7, 11) is 0. The molecule has 136 valence electrons. The van der Waals surface area contributed by atoms with Gasteiger partial charge in [-0.1, -0.05) is 56.3 Å². The molecule has 0 bridgehead atoms. The van der Waals surface area contributed by atoms with Crippen LogP contribution in [0.1, 0.15) is 37.8 Å². The molecule has 1 aromatic carbocycles. The molecule has 2 amide bonds. The van der Waals surface area contributed by atoms with Crippen LogP contribution in [0, 0.1) is 12.8 Å². The first-order chi connectivity index (χ1) is 12.0. The van der Waals surface area contributed by atoms with Gasteiger partial charge >= 0.3 is 6.03 Å². The molecule has 0 spiro atoms. The van der Waals surface area contributed by atoms with Gasteiger partial charge in [0.2, 0.25) is 0 Å². The summed E-state index contributed by atoms with van der Waals surface area (Å²) in [6.07, 6.45) is 0.642. The Bertz CT molecular complexity index is 682. The second-order valence-electron chi connectivity index (χ2n) is 6.46. The Morgan fingerprint density at radius 3 is 2.56 bits per heavy atom. The normalized spacial score (nSPS) is 12.2. The predicted molar refractivity (Wildman–Crippen MR) is 97.3 cm³/mol. The van der Waals surface area contributed by atoms with Gasteiger partial charge in [0.25, 0.3) is 0 Å². The lowest BCUT2D eigenvalue weighted by molar-refractivity contribution is 0.110. The maximum absolute atomic E-state index is 13.0. The molecule has 1 atom stereocenters. The van der Waals surface area contributed by atoms with Gasteiger partial charge in [0.1, 0.15) is 11.4 Å². The number of nitrogens with one attached hydrogen (secondary N) is 1. The average molecular weight is 345 g/mol. The summed E-state index contributed by atoms with van der Waals surface area (Å²) < 4.78 is 5.25. The van der Waals surface area contributed by atoms with Crippen LogP contribution in [0.3, 0.4) is 0 Å². The molecule has 2 rings (SSSR count). The lowest BCUT2D eigenvalue weighted by atomic mass is 10.0. The fourth-order valence-corrected chi connectivity index (χ4v) is 2.79. The zero-order valence-corrected chi connectivity index (χ0v) is 15.3. The number of hydrogen-bond donors (Lipinski definition) is 2. The van der Waals surface area contributed by atoms with Gasteiger partial charge in [0, 0.05) is 13.0 Å². The lowest BCUT2D eigenvalue weighted by Gasteiger charge is -2.33. The highest BCUT2D eigenvalue weighted by molar-refractivity contribution is 5.90. The van der Waals surface area contributed by atoms with Gasteiger partial charge < -0.3 is 19.8 Å². The lowest BCUT2D eigenvalue weighted by Crippen LogP contribution is -2.47. The van der Waals surface area contributed by atoms with Crippen molar-refractivity contribution in [3.63, 3.8) is 0 Å². The van der Waals surface area contributed by atoms with Crippen LogP contribution < -0.4 is 5.32 Å². The van der Waals surface area contributed by atoms with Gasteiger partial charge in [-0.05, 0) is 18.4 Å². The van der Waals surface area contributed by atoms with Gasteiger partial charge in [0.05, 0.1) is 12.6 Å². The highest BCUT2D eigenvalue weighted by Gasteiger charge is 2.27. The second kappa shape index (κ2) is 8.67. The van der Waals surface area contributed by atoms with Crippen LogP contribution in [-0.4, -0.2) is 33.8 Å². The van der Waals surface area contributed by atoms with Crippen LogP contribution in [0.4, 0.5) is 10.5 Å². The van der Waals surface area contributed by atoms with Crippen LogP contribution >= 0.6 is 0 Å². The molecule has 0 radical (unpaired) electrons. The van der Waals surface area contributed by atoms with Crippen molar-refractivity contribution < 1.29 is 14.4 Å². The monoisotopic (exact) mass is 345 g/mol. The molecule has 6 nitrogen and oxygen atoms in total. The number of anilines is 1. The largest absolute Gasteiger partial charge is 0.394 e. The number of aromatic nitrogens is 1. The van der Waals surface area contributed by atoms with E-state index in [0.717, 1.165) is 5.56 Å². The molecule has 0 saturated heterocycles. The molecule has 1 aromatic heterocycles. The number of aliphatic hydroxyl groups excluding tert-OH is 1. The third-order valence-corrected chi connectivity index (χ3v) is 4.30. The first kappa shape index (κ1) is 19.0. The van der Waals surface area contributed by atoms with Crippen molar-refractivity contribution >= 4 is 11.7 Å². The molecule has 2 aromatic rings. The van der Waals surface area contributed by atoms with E-state index in [1.807, 2.05) is 51.1 Å². The van der Waals surface area contributed by atoms with E-state index in [1.165, 1.54) is 0 Å². The molecule has 1 heterocycles. The van der Waals surface area contributed by atoms with Crippen molar-refractivity contribution in [1.29, 1.82) is 0 Å². The summed E-state index contributed by atoms with van der Waals surface area (Å²) >= 11 is 0. The van der Waals surface area contributed by atoms with Crippen LogP contribution in [-0.2, 0) is 13.0 Å². The molecule has 0 aliphatic heterocycles. The fourth-order valence-electron chi connectivity index (χ4n) is 2.79. The summed E-state index contributed by atoms with van der Waals surface area (Å²) in [5.74, 6) is 0.768. The first-order valence-corrected chi connectivity index (χ1v) is 8.65. The van der Waals surface area contributed by atoms with E-state index in [1.54, 1.807) is 11.8 Å². The number of amides is 2. The third kappa shape index (κ3) is 4.60. The van der Waals surface area contributed by atoms with Crippen molar-refractivity contribution in [2.45, 2.75) is 46.7 Å². The van der Waals surface area contributed by atoms with Gasteiger partial charge in [-0.3, -0.25) is 0 Å². The smallest absolute Gasteiger partial charge is 0.322 e. The van der Waals surface area contributed by atoms with Gasteiger partial charge in [-0.15, -0.1) is 0 Å². The van der Waals surface area contributed by atoms with Gasteiger partial charge in [0.15, 0.2) is 5.76 Å². The minimum atomic E-state index is -0.287. The van der Waals surface area contributed by atoms with E-state index in [9.17, 15) is 9.90 Å². The van der Waals surface area contributed by atoms with Crippen LogP contribution in [0.25, 0.3) is 0 Å². The zero-order valence-electron chi connectivity index (χ0n) is 15.3. The quantitative estimate of drug-likeness (QED) is 0.804. The Balaban J connectivity index is 2.27. The first-order valence-electron chi connectivity index (χ1n) is 8.65. The van der Waals surface area contributed by atoms with E-state index in [-0.39, 0.29) is 24.6 Å². The highest BCUT2D eigenvalue weighted by atomic mass is 16.5. The molecular formula is C19H27N3O3. The molecule has 6 heteroatoms. The summed E-state index contributed by atoms with van der Waals surface area (Å²) in [4.78, 5) is 14.6. The minimum absolute atomic E-state index is 0.0961. The number of aliphatic hydroxyl groups is 1. The summed E-state index contributed by atoms with van der Waals surface area (Å²) in [6, 6.07) is 9.20. The molecule has 0 fully saturated rings. The fraction of sp³-hybridized carbons (Fsp3) is 0.474. The van der Waals surface area contributed by atoms with Gasteiger partial charge in [-0.25, -0.2) is 4.79 Å². The number of hydrogen-bond acceptors (Lipinski definition) is 4. The van der Waals surface area contributed by atoms with Crippen molar-refractivity contribution in [2.75, 3.05) is 11.9 Å². The maximum Gasteiger partial charge on any atom is 0.322 e. The number of rotatable bonds is 7. The van der Waals surface area contributed by atoms with Crippen molar-refractivity contribution in [2.24, 2.45) is 5.92 Å². The predicted octanol–water partition coefficient (Wildman–Crippen LogP) is 3.60. The van der Waals surface area contributed by atoms with Crippen molar-refractivity contribution in [3.05, 3.63) is 47.3 Å². The molecule has 2 N–H and O–H groups in total. The SMILES string of the molecule is CCc1onc(C)c1NC(=O)N(Cc1ccccc1)C(CO)C(C)C. The molecule has 1 unspecified atom stereocenters. The van der Waals surface area contributed by atoms with Crippen LogP contribution in [0.15, 0.2) is 34.9 Å². The standard InChI is InChI=1S/C19H27N3O3/c1-5-17-18(14(4)21-25-17)20-19(24)22(16(12-23)13(2)3)11-15-9-7-6-8-10-15/h6-10,13,16,23H,5,11-12H2,1-4H3,(H,20,24). The van der Waals surface area contributed by atoms with Gasteiger partial charge in [-0.2, -0.15) is 0 Å². The Morgan fingerprint density at radius 1 is 1.32 bits per heavy atom. The van der Waals surface area contributed by atoms with Crippen molar-refractivity contribution in [1.82, 2.24) is 10.1 Å². The molecule has 0 aliphatic carbocycles. The average Bonchev–Trinajstić information content (AvgIpc) is 2.95. The molecule has 25 heavy (non-hydrogen) atoms. The Morgan fingerprint density at radius 2 is 2.00 bits per heavy atom. The van der Waals surface area contributed by atoms with Crippen molar-refractivity contribution in [3.8, 4) is 0 Å². The highest BCUT2D eigenvalue weighted by Crippen LogP contribution is 2.23. The number of carbonyl (C=O) groups excluding carboxylic acids is 1. The Labute approximate surface area is 148 Å². The minimum Gasteiger partial charge on any atom is -0.394 e. The molecule has 0 aliphatic rings. The molecule has 0 saturated carbocycles. The Hall–Kier alpha value is -2.34. The van der Waals surface area contributed by atoms with E-state index in [4.69, 9.17) is 4.52 Å². The van der Waals surface area contributed by atoms with Crippen LogP contribution in [0.5, 0.6) is 0 Å². The van der Waals surface area contributed by atoms with E-state index < -0.39 is 0 Å². The third-order valence-electron chi connectivity index (χ3n) is 4.30. The topological polar surface area (TPSA) is 78.6 Å². The number of aryl methyl sites for hydroxylation is 2. The second-order valence-corrected chi connectivity index (χ2v) is 6.46.